The predicted molar refractivity (Wildman–Crippen MR) is 63.4 cm³/mol. The predicted octanol–water partition coefficient (Wildman–Crippen LogP) is 1.95. The molecule has 0 spiro atoms. The highest BCUT2D eigenvalue weighted by atomic mass is 31.2. The van der Waals surface area contributed by atoms with Crippen LogP contribution in [0, 0.1) is 0 Å². The van der Waals surface area contributed by atoms with Crippen LogP contribution in [-0.4, -0.2) is 34.9 Å². The van der Waals surface area contributed by atoms with Crippen molar-refractivity contribution in [1.29, 1.82) is 0 Å². The fourth-order valence-electron chi connectivity index (χ4n) is 0.622. The Morgan fingerprint density at radius 3 is 2.20 bits per heavy atom. The molecule has 0 aliphatic rings. The molecule has 7 heteroatoms. The first-order valence-electron chi connectivity index (χ1n) is 4.77. The zero-order valence-electron chi connectivity index (χ0n) is 9.18. The Balaban J connectivity index is 0. The normalized spacial score (nSPS) is 13.6. The maximum atomic E-state index is 10.6. The Morgan fingerprint density at radius 1 is 1.47 bits per heavy atom. The third-order valence-electron chi connectivity index (χ3n) is 1.22. The molecule has 2 unspecified atom stereocenters. The second-order valence-electron chi connectivity index (χ2n) is 2.75. The molecule has 0 aromatic heterocycles. The van der Waals surface area contributed by atoms with E-state index in [1.807, 2.05) is 0 Å². The molecular weight excluding hydrogens is 238 g/mol. The quantitative estimate of drug-likeness (QED) is 0.711. The first-order valence-corrected chi connectivity index (χ1v) is 7.35. The van der Waals surface area contributed by atoms with Crippen LogP contribution < -0.4 is 0 Å². The molecule has 92 valence electrons. The van der Waals surface area contributed by atoms with Crippen LogP contribution in [0.3, 0.4) is 0 Å². The lowest BCUT2D eigenvalue weighted by atomic mass is 10.4. The number of rotatable bonds is 6. The first kappa shape index (κ1) is 17.4. The molecule has 0 amide bonds. The van der Waals surface area contributed by atoms with Gasteiger partial charge in [0, 0.05) is 0 Å². The first-order chi connectivity index (χ1) is 6.89. The minimum Gasteiger partial charge on any atom is -0.481 e. The second-order valence-corrected chi connectivity index (χ2v) is 5.18. The van der Waals surface area contributed by atoms with Gasteiger partial charge in [-0.3, -0.25) is 9.36 Å². The highest BCUT2D eigenvalue weighted by Gasteiger charge is 2.22. The largest absolute Gasteiger partial charge is 0.481 e. The van der Waals surface area contributed by atoms with E-state index in [0.717, 1.165) is 0 Å². The fourth-order valence-corrected chi connectivity index (χ4v) is 1.87. The average Bonchev–Trinajstić information content (AvgIpc) is 2.03. The van der Waals surface area contributed by atoms with Crippen LogP contribution in [0.15, 0.2) is 0 Å². The van der Waals surface area contributed by atoms with E-state index in [-0.39, 0.29) is 6.61 Å². The summed E-state index contributed by atoms with van der Waals surface area (Å²) in [5, 5.41) is 8.06. The van der Waals surface area contributed by atoms with Gasteiger partial charge in [0.05, 0.1) is 6.61 Å². The molecule has 0 saturated heterocycles. The molecule has 2 atom stereocenters. The van der Waals surface area contributed by atoms with Gasteiger partial charge in [0.2, 0.25) is 0 Å². The van der Waals surface area contributed by atoms with Crippen molar-refractivity contribution in [2.24, 2.45) is 0 Å². The summed E-state index contributed by atoms with van der Waals surface area (Å²) < 4.78 is 14.8. The van der Waals surface area contributed by atoms with Gasteiger partial charge in [-0.15, -0.1) is 9.24 Å². The number of hydrogen-bond donors (Lipinski definition) is 2. The standard InChI is InChI=1S/C4H9O5P.C4H11P/c1-2-9-10(7,8)3-4(5)6;1-2-3-4-5/h2-3H2,1H3,(H,5,6)(H,7,8);2-5H2,1H3. The average molecular weight is 258 g/mol. The summed E-state index contributed by atoms with van der Waals surface area (Å²) in [5.74, 6) is -1.33. The van der Waals surface area contributed by atoms with Gasteiger partial charge in [-0.25, -0.2) is 0 Å². The topological polar surface area (TPSA) is 83.8 Å². The maximum Gasteiger partial charge on any atom is 0.339 e. The van der Waals surface area contributed by atoms with Gasteiger partial charge in [0.15, 0.2) is 0 Å². The van der Waals surface area contributed by atoms with Gasteiger partial charge in [-0.05, 0) is 13.1 Å². The van der Waals surface area contributed by atoms with Crippen molar-refractivity contribution >= 4 is 22.8 Å². The number of hydrogen-bond acceptors (Lipinski definition) is 3. The van der Waals surface area contributed by atoms with Crippen LogP contribution >= 0.6 is 16.8 Å². The monoisotopic (exact) mass is 258 g/mol. The van der Waals surface area contributed by atoms with E-state index in [1.165, 1.54) is 25.9 Å². The lowest BCUT2D eigenvalue weighted by molar-refractivity contribution is -0.134. The Hall–Kier alpha value is 0.0500. The lowest BCUT2D eigenvalue weighted by Crippen LogP contribution is -2.05. The summed E-state index contributed by atoms with van der Waals surface area (Å²) in [6.07, 6.45) is 3.10. The molecule has 0 bridgehead atoms. The van der Waals surface area contributed by atoms with Gasteiger partial charge in [0.1, 0.15) is 6.16 Å². The molecule has 0 radical (unpaired) electrons. The smallest absolute Gasteiger partial charge is 0.339 e. The van der Waals surface area contributed by atoms with E-state index in [1.54, 1.807) is 0 Å². The van der Waals surface area contributed by atoms with Crippen LogP contribution in [0.25, 0.3) is 0 Å². The minimum absolute atomic E-state index is 0.0427. The highest BCUT2D eigenvalue weighted by Crippen LogP contribution is 2.40. The molecule has 0 aliphatic carbocycles. The summed E-state index contributed by atoms with van der Waals surface area (Å²) in [7, 11) is -1.15. The van der Waals surface area contributed by atoms with Crippen molar-refractivity contribution in [3.8, 4) is 0 Å². The highest BCUT2D eigenvalue weighted by molar-refractivity contribution is 7.53. The van der Waals surface area contributed by atoms with Crippen LogP contribution in [0.5, 0.6) is 0 Å². The molecule has 2 N–H and O–H groups in total. The Morgan fingerprint density at radius 2 is 2.00 bits per heavy atom. The molecule has 0 aromatic carbocycles. The van der Waals surface area contributed by atoms with Crippen molar-refractivity contribution in [2.75, 3.05) is 18.9 Å². The zero-order valence-corrected chi connectivity index (χ0v) is 11.2. The Labute approximate surface area is 93.0 Å². The Bertz CT molecular complexity index is 205. The molecular formula is C8H20O5P2. The van der Waals surface area contributed by atoms with E-state index in [2.05, 4.69) is 20.7 Å². The molecule has 15 heavy (non-hydrogen) atoms. The molecule has 0 rings (SSSR count). The van der Waals surface area contributed by atoms with E-state index >= 15 is 0 Å². The van der Waals surface area contributed by atoms with Gasteiger partial charge >= 0.3 is 13.6 Å². The van der Waals surface area contributed by atoms with Crippen LogP contribution in [-0.2, 0) is 13.9 Å². The van der Waals surface area contributed by atoms with Crippen molar-refractivity contribution < 1.29 is 23.9 Å². The molecule has 0 aromatic rings. The fraction of sp³-hybridized carbons (Fsp3) is 0.875. The third-order valence-corrected chi connectivity index (χ3v) is 2.96. The van der Waals surface area contributed by atoms with Crippen molar-refractivity contribution in [3.05, 3.63) is 0 Å². The van der Waals surface area contributed by atoms with Crippen molar-refractivity contribution in [1.82, 2.24) is 0 Å². The van der Waals surface area contributed by atoms with E-state index in [0.29, 0.717) is 0 Å². The van der Waals surface area contributed by atoms with Gasteiger partial charge in [-0.2, -0.15) is 0 Å². The number of carboxylic acids is 1. The number of carbonyl (C=O) groups is 1. The van der Waals surface area contributed by atoms with Gasteiger partial charge in [0.25, 0.3) is 0 Å². The Kier molecular flexibility index (Phi) is 12.3. The summed E-state index contributed by atoms with van der Waals surface area (Å²) >= 11 is 0. The maximum absolute atomic E-state index is 10.6. The molecule has 0 saturated carbocycles. The van der Waals surface area contributed by atoms with Crippen LogP contribution in [0.2, 0.25) is 0 Å². The van der Waals surface area contributed by atoms with E-state index in [9.17, 15) is 9.36 Å². The zero-order chi connectivity index (χ0) is 12.3. The van der Waals surface area contributed by atoms with E-state index < -0.39 is 19.7 Å². The minimum atomic E-state index is -3.85. The van der Waals surface area contributed by atoms with E-state index in [4.69, 9.17) is 10.00 Å². The van der Waals surface area contributed by atoms with Crippen molar-refractivity contribution in [3.63, 3.8) is 0 Å². The lowest BCUT2D eigenvalue weighted by Gasteiger charge is -2.06. The van der Waals surface area contributed by atoms with Crippen LogP contribution in [0.1, 0.15) is 26.7 Å². The number of carboxylic acid groups (broad SMARTS) is 1. The summed E-state index contributed by atoms with van der Waals surface area (Å²) in [6, 6.07) is 0. The third kappa shape index (κ3) is 16.7. The summed E-state index contributed by atoms with van der Waals surface area (Å²) in [6.45, 7) is 3.76. The second kappa shape index (κ2) is 10.6. The van der Waals surface area contributed by atoms with Crippen molar-refractivity contribution in [2.45, 2.75) is 26.7 Å². The molecule has 5 nitrogen and oxygen atoms in total. The molecule has 0 aliphatic heterocycles. The van der Waals surface area contributed by atoms with Gasteiger partial charge < -0.3 is 14.5 Å². The van der Waals surface area contributed by atoms with Crippen LogP contribution in [0.4, 0.5) is 0 Å². The molecule has 0 fully saturated rings. The summed E-state index contributed by atoms with van der Waals surface area (Å²) in [5.41, 5.74) is 0. The number of aliphatic carboxylic acids is 1. The SMILES string of the molecule is CCCCP.CCOP(=O)(O)CC(=O)O. The number of unbranched alkanes of at least 4 members (excludes halogenated alkanes) is 1. The summed E-state index contributed by atoms with van der Waals surface area (Å²) in [4.78, 5) is 18.5. The van der Waals surface area contributed by atoms with Gasteiger partial charge in [-0.1, -0.05) is 19.8 Å². The molecule has 0 heterocycles.